The van der Waals surface area contributed by atoms with Gasteiger partial charge in [0.05, 0.1) is 4.92 Å². The van der Waals surface area contributed by atoms with Crippen molar-refractivity contribution in [2.45, 2.75) is 34.6 Å². The number of hydrogen-bond donors (Lipinski definition) is 1. The molecule has 1 N–H and O–H groups in total. The Labute approximate surface area is 114 Å². The van der Waals surface area contributed by atoms with Crippen LogP contribution >= 0.6 is 0 Å². The average molecular weight is 262 g/mol. The van der Waals surface area contributed by atoms with Crippen LogP contribution in [0.3, 0.4) is 0 Å². The lowest BCUT2D eigenvalue weighted by molar-refractivity contribution is -0.384. The fourth-order valence-corrected chi connectivity index (χ4v) is 3.02. The van der Waals surface area contributed by atoms with Gasteiger partial charge in [-0.15, -0.1) is 0 Å². The van der Waals surface area contributed by atoms with Crippen LogP contribution in [0.5, 0.6) is 0 Å². The van der Waals surface area contributed by atoms with Crippen molar-refractivity contribution in [2.24, 2.45) is 16.7 Å². The molecule has 0 aromatic heterocycles. The number of non-ortho nitro benzene ring substituents is 1. The normalized spacial score (nSPS) is 20.1. The van der Waals surface area contributed by atoms with Crippen LogP contribution in [-0.4, -0.2) is 11.5 Å². The number of nitrogens with zero attached hydrogens (tertiary/aromatic N) is 1. The van der Waals surface area contributed by atoms with Crippen molar-refractivity contribution in [1.29, 1.82) is 0 Å². The zero-order chi connectivity index (χ0) is 14.4. The summed E-state index contributed by atoms with van der Waals surface area (Å²) < 4.78 is 0. The predicted molar refractivity (Wildman–Crippen MR) is 77.4 cm³/mol. The molecular weight excluding hydrogens is 240 g/mol. The molecule has 104 valence electrons. The van der Waals surface area contributed by atoms with E-state index < -0.39 is 0 Å². The number of hydrogen-bond acceptors (Lipinski definition) is 3. The monoisotopic (exact) mass is 262 g/mol. The second-order valence-electron chi connectivity index (χ2n) is 6.63. The summed E-state index contributed by atoms with van der Waals surface area (Å²) >= 11 is 0. The van der Waals surface area contributed by atoms with Gasteiger partial charge in [-0.05, 0) is 35.3 Å². The second-order valence-corrected chi connectivity index (χ2v) is 6.63. The molecule has 0 unspecified atom stereocenters. The Hall–Kier alpha value is -1.58. The molecule has 2 rings (SSSR count). The first-order chi connectivity index (χ1) is 8.68. The maximum absolute atomic E-state index is 10.7. The van der Waals surface area contributed by atoms with Crippen molar-refractivity contribution in [3.05, 3.63) is 33.9 Å². The summed E-state index contributed by atoms with van der Waals surface area (Å²) in [6.07, 6.45) is 0. The van der Waals surface area contributed by atoms with E-state index >= 15 is 0 Å². The number of nitrogens with one attached hydrogen (secondary N) is 1. The maximum Gasteiger partial charge on any atom is 0.269 e. The van der Waals surface area contributed by atoms with Crippen LogP contribution in [-0.2, 0) is 0 Å². The second kappa shape index (κ2) is 4.22. The smallest absolute Gasteiger partial charge is 0.269 e. The van der Waals surface area contributed by atoms with Crippen molar-refractivity contribution in [3.63, 3.8) is 0 Å². The molecule has 0 saturated heterocycles. The lowest BCUT2D eigenvalue weighted by Crippen LogP contribution is -2.09. The quantitative estimate of drug-likeness (QED) is 0.659. The van der Waals surface area contributed by atoms with Crippen LogP contribution in [0.1, 0.15) is 33.3 Å². The topological polar surface area (TPSA) is 55.2 Å². The largest absolute Gasteiger partial charge is 0.385 e. The molecule has 0 spiro atoms. The van der Waals surface area contributed by atoms with Crippen molar-refractivity contribution in [1.82, 2.24) is 0 Å². The summed E-state index contributed by atoms with van der Waals surface area (Å²) in [5.74, 6) is 0.634. The minimum atomic E-state index is -0.357. The van der Waals surface area contributed by atoms with E-state index in [1.807, 2.05) is 6.92 Å². The standard InChI is InChI=1S/C15H22N2O2/c1-10-8-11(17(18)19)6-7-12(10)16-9-13-14(2,3)15(13,4)5/h6-8,13,16H,9H2,1-5H3. The Bertz CT molecular complexity index is 507. The summed E-state index contributed by atoms with van der Waals surface area (Å²) in [7, 11) is 0. The Balaban J connectivity index is 2.04. The highest BCUT2D eigenvalue weighted by atomic mass is 16.6. The number of aryl methyl sites for hydroxylation is 1. The van der Waals surface area contributed by atoms with Crippen LogP contribution in [0, 0.1) is 33.8 Å². The minimum absolute atomic E-state index is 0.148. The third-order valence-corrected chi connectivity index (χ3v) is 5.24. The molecule has 1 aromatic carbocycles. The first kappa shape index (κ1) is 13.8. The lowest BCUT2D eigenvalue weighted by atomic mass is 10.0. The van der Waals surface area contributed by atoms with E-state index in [9.17, 15) is 10.1 Å². The van der Waals surface area contributed by atoms with Gasteiger partial charge in [-0.3, -0.25) is 10.1 Å². The summed E-state index contributed by atoms with van der Waals surface area (Å²) in [5.41, 5.74) is 2.77. The number of anilines is 1. The summed E-state index contributed by atoms with van der Waals surface area (Å²) in [4.78, 5) is 10.3. The number of benzene rings is 1. The molecule has 0 radical (unpaired) electrons. The van der Waals surface area contributed by atoms with Crippen LogP contribution in [0.25, 0.3) is 0 Å². The van der Waals surface area contributed by atoms with Crippen molar-refractivity contribution in [3.8, 4) is 0 Å². The zero-order valence-corrected chi connectivity index (χ0v) is 12.3. The number of nitro groups is 1. The maximum atomic E-state index is 10.7. The van der Waals surface area contributed by atoms with Gasteiger partial charge in [0, 0.05) is 24.4 Å². The Morgan fingerprint density at radius 3 is 2.26 bits per heavy atom. The molecule has 19 heavy (non-hydrogen) atoms. The predicted octanol–water partition coefficient (Wildman–Crippen LogP) is 4.00. The van der Waals surface area contributed by atoms with Gasteiger partial charge in [-0.25, -0.2) is 0 Å². The van der Waals surface area contributed by atoms with Crippen LogP contribution in [0.15, 0.2) is 18.2 Å². The molecule has 4 heteroatoms. The Kier molecular flexibility index (Phi) is 3.07. The lowest BCUT2D eigenvalue weighted by Gasteiger charge is -2.10. The van der Waals surface area contributed by atoms with Crippen molar-refractivity contribution >= 4 is 11.4 Å². The minimum Gasteiger partial charge on any atom is -0.385 e. The van der Waals surface area contributed by atoms with Gasteiger partial charge < -0.3 is 5.32 Å². The Morgan fingerprint density at radius 1 is 1.26 bits per heavy atom. The first-order valence-electron chi connectivity index (χ1n) is 6.67. The van der Waals surface area contributed by atoms with Gasteiger partial charge in [0.15, 0.2) is 0 Å². The van der Waals surface area contributed by atoms with Gasteiger partial charge in [-0.2, -0.15) is 0 Å². The Morgan fingerprint density at radius 2 is 1.84 bits per heavy atom. The summed E-state index contributed by atoms with van der Waals surface area (Å²) in [6, 6.07) is 4.97. The third-order valence-electron chi connectivity index (χ3n) is 5.24. The summed E-state index contributed by atoms with van der Waals surface area (Å²) in [6.45, 7) is 12.0. The molecule has 1 aromatic rings. The fourth-order valence-electron chi connectivity index (χ4n) is 3.02. The van der Waals surface area contributed by atoms with Gasteiger partial charge in [0.2, 0.25) is 0 Å². The molecule has 0 amide bonds. The highest BCUT2D eigenvalue weighted by Crippen LogP contribution is 2.68. The molecule has 1 aliphatic rings. The van der Waals surface area contributed by atoms with Crippen LogP contribution in [0.2, 0.25) is 0 Å². The van der Waals surface area contributed by atoms with E-state index in [4.69, 9.17) is 0 Å². The van der Waals surface area contributed by atoms with Crippen molar-refractivity contribution < 1.29 is 4.92 Å². The molecule has 1 saturated carbocycles. The van der Waals surface area contributed by atoms with E-state index in [1.54, 1.807) is 18.2 Å². The van der Waals surface area contributed by atoms with E-state index in [1.165, 1.54) is 0 Å². The zero-order valence-electron chi connectivity index (χ0n) is 12.3. The van der Waals surface area contributed by atoms with E-state index in [-0.39, 0.29) is 10.6 Å². The molecule has 0 heterocycles. The van der Waals surface area contributed by atoms with E-state index in [2.05, 4.69) is 33.0 Å². The highest BCUT2D eigenvalue weighted by molar-refractivity contribution is 5.55. The van der Waals surface area contributed by atoms with Gasteiger partial charge in [0.1, 0.15) is 0 Å². The van der Waals surface area contributed by atoms with E-state index in [0.29, 0.717) is 16.7 Å². The first-order valence-corrected chi connectivity index (χ1v) is 6.67. The van der Waals surface area contributed by atoms with Gasteiger partial charge in [-0.1, -0.05) is 27.7 Å². The van der Waals surface area contributed by atoms with E-state index in [0.717, 1.165) is 17.8 Å². The number of rotatable bonds is 4. The third kappa shape index (κ3) is 2.20. The SMILES string of the molecule is Cc1cc([N+](=O)[O-])ccc1NCC1C(C)(C)C1(C)C. The van der Waals surface area contributed by atoms with Crippen molar-refractivity contribution in [2.75, 3.05) is 11.9 Å². The molecule has 4 nitrogen and oxygen atoms in total. The fraction of sp³-hybridized carbons (Fsp3) is 0.600. The molecule has 0 bridgehead atoms. The summed E-state index contributed by atoms with van der Waals surface area (Å²) in [5, 5.41) is 14.1. The van der Waals surface area contributed by atoms with Gasteiger partial charge in [0.25, 0.3) is 5.69 Å². The van der Waals surface area contributed by atoms with Crippen LogP contribution < -0.4 is 5.32 Å². The van der Waals surface area contributed by atoms with Crippen LogP contribution in [0.4, 0.5) is 11.4 Å². The molecular formula is C15H22N2O2. The average Bonchev–Trinajstić information content (AvgIpc) is 2.68. The molecule has 0 atom stereocenters. The molecule has 0 aliphatic heterocycles. The number of nitro benzene ring substituents is 1. The highest BCUT2D eigenvalue weighted by Gasteiger charge is 2.63. The molecule has 1 aliphatic carbocycles. The molecule has 1 fully saturated rings. The van der Waals surface area contributed by atoms with Gasteiger partial charge >= 0.3 is 0 Å².